The Labute approximate surface area is 175 Å². The van der Waals surface area contributed by atoms with Crippen molar-refractivity contribution >= 4 is 22.5 Å². The minimum absolute atomic E-state index is 0.0163. The van der Waals surface area contributed by atoms with Crippen molar-refractivity contribution in [2.45, 2.75) is 19.4 Å². The van der Waals surface area contributed by atoms with Crippen LogP contribution in [0, 0.1) is 0 Å². The third kappa shape index (κ3) is 4.52. The molecule has 0 atom stereocenters. The summed E-state index contributed by atoms with van der Waals surface area (Å²) in [6, 6.07) is 15.4. The number of anilines is 1. The minimum Gasteiger partial charge on any atom is -0.378 e. The first kappa shape index (κ1) is 20.1. The van der Waals surface area contributed by atoms with Gasteiger partial charge in [0.1, 0.15) is 5.82 Å². The topological polar surface area (TPSA) is 78.5 Å². The van der Waals surface area contributed by atoms with Crippen LogP contribution in [-0.2, 0) is 22.5 Å². The lowest BCUT2D eigenvalue weighted by molar-refractivity contribution is -0.130. The number of H-pyrrole nitrogens is 1. The molecule has 7 heteroatoms. The zero-order chi connectivity index (χ0) is 20.9. The Morgan fingerprint density at radius 3 is 2.70 bits per heavy atom. The Bertz CT molecular complexity index is 1090. The van der Waals surface area contributed by atoms with Gasteiger partial charge < -0.3 is 19.5 Å². The summed E-state index contributed by atoms with van der Waals surface area (Å²) in [5.74, 6) is 0.553. The van der Waals surface area contributed by atoms with Gasteiger partial charge in [-0.05, 0) is 23.8 Å². The predicted octanol–water partition coefficient (Wildman–Crippen LogP) is 2.35. The van der Waals surface area contributed by atoms with Gasteiger partial charge in [0.15, 0.2) is 0 Å². The molecule has 0 bridgehead atoms. The lowest BCUT2D eigenvalue weighted by atomic mass is 10.1. The molecule has 1 N–H and O–H groups in total. The Morgan fingerprint density at radius 1 is 1.13 bits per heavy atom. The van der Waals surface area contributed by atoms with E-state index in [4.69, 9.17) is 4.74 Å². The van der Waals surface area contributed by atoms with Gasteiger partial charge in [0.25, 0.3) is 5.56 Å². The minimum atomic E-state index is -0.171. The molecule has 1 aliphatic heterocycles. The van der Waals surface area contributed by atoms with Crippen molar-refractivity contribution in [1.82, 2.24) is 14.9 Å². The van der Waals surface area contributed by atoms with Gasteiger partial charge in [-0.25, -0.2) is 4.98 Å². The van der Waals surface area contributed by atoms with Gasteiger partial charge in [0.05, 0.1) is 24.1 Å². The Hall–Kier alpha value is -3.19. The monoisotopic (exact) mass is 406 g/mol. The number of hydrogen-bond acceptors (Lipinski definition) is 5. The van der Waals surface area contributed by atoms with Crippen molar-refractivity contribution in [3.8, 4) is 0 Å². The van der Waals surface area contributed by atoms with Crippen LogP contribution < -0.4 is 10.5 Å². The number of carbonyl (C=O) groups is 1. The molecule has 1 aliphatic rings. The number of nitrogens with zero attached hydrogens (tertiary/aromatic N) is 3. The fourth-order valence-corrected chi connectivity index (χ4v) is 3.77. The lowest BCUT2D eigenvalue weighted by Crippen LogP contribution is -2.37. The van der Waals surface area contributed by atoms with Crippen LogP contribution in [-0.4, -0.2) is 54.1 Å². The molecule has 1 amide bonds. The summed E-state index contributed by atoms with van der Waals surface area (Å²) in [4.78, 5) is 36.2. The molecule has 0 unspecified atom stereocenters. The molecule has 1 aromatic heterocycles. The maximum atomic E-state index is 12.7. The molecule has 4 rings (SSSR count). The third-order valence-corrected chi connectivity index (χ3v) is 5.41. The normalized spacial score (nSPS) is 14.1. The van der Waals surface area contributed by atoms with Gasteiger partial charge in [-0.2, -0.15) is 0 Å². The highest BCUT2D eigenvalue weighted by atomic mass is 16.5. The molecule has 30 heavy (non-hydrogen) atoms. The Kier molecular flexibility index (Phi) is 6.09. The number of amides is 1. The van der Waals surface area contributed by atoms with E-state index in [0.717, 1.165) is 37.6 Å². The number of aromatic nitrogens is 2. The SMILES string of the molecule is CN(Cc1ccccc1N1CCOCC1)C(=O)CCc1nc2ccccc2c(=O)[nH]1. The molecule has 0 aliphatic carbocycles. The maximum absolute atomic E-state index is 12.7. The average molecular weight is 406 g/mol. The van der Waals surface area contributed by atoms with Crippen LogP contribution in [0.15, 0.2) is 53.3 Å². The molecule has 1 fully saturated rings. The Balaban J connectivity index is 1.41. The van der Waals surface area contributed by atoms with Crippen LogP contribution in [0.5, 0.6) is 0 Å². The summed E-state index contributed by atoms with van der Waals surface area (Å²) in [5.41, 5.74) is 2.75. The van der Waals surface area contributed by atoms with Crippen LogP contribution in [0.2, 0.25) is 0 Å². The number of carbonyl (C=O) groups excluding carboxylic acids is 1. The molecule has 2 aromatic carbocycles. The number of para-hydroxylation sites is 2. The molecule has 0 saturated carbocycles. The summed E-state index contributed by atoms with van der Waals surface area (Å²) in [6.07, 6.45) is 0.686. The number of aromatic amines is 1. The van der Waals surface area contributed by atoms with Crippen LogP contribution in [0.4, 0.5) is 5.69 Å². The van der Waals surface area contributed by atoms with Gasteiger partial charge in [0.2, 0.25) is 5.91 Å². The number of nitrogens with one attached hydrogen (secondary N) is 1. The fraction of sp³-hybridized carbons (Fsp3) is 0.348. The van der Waals surface area contributed by atoms with Crippen LogP contribution in [0.25, 0.3) is 10.9 Å². The molecule has 0 spiro atoms. The molecule has 7 nitrogen and oxygen atoms in total. The zero-order valence-electron chi connectivity index (χ0n) is 17.1. The second-order valence-electron chi connectivity index (χ2n) is 7.51. The van der Waals surface area contributed by atoms with E-state index in [1.165, 1.54) is 0 Å². The fourth-order valence-electron chi connectivity index (χ4n) is 3.77. The first-order valence-corrected chi connectivity index (χ1v) is 10.2. The van der Waals surface area contributed by atoms with Gasteiger partial charge in [-0.3, -0.25) is 9.59 Å². The molecule has 2 heterocycles. The van der Waals surface area contributed by atoms with Gasteiger partial charge in [0, 0.05) is 45.2 Å². The first-order valence-electron chi connectivity index (χ1n) is 10.2. The van der Waals surface area contributed by atoms with E-state index in [9.17, 15) is 9.59 Å². The zero-order valence-corrected chi connectivity index (χ0v) is 17.1. The van der Waals surface area contributed by atoms with Gasteiger partial charge in [-0.1, -0.05) is 30.3 Å². The van der Waals surface area contributed by atoms with Crippen molar-refractivity contribution in [3.63, 3.8) is 0 Å². The average Bonchev–Trinajstić information content (AvgIpc) is 2.78. The first-order chi connectivity index (χ1) is 14.6. The lowest BCUT2D eigenvalue weighted by Gasteiger charge is -2.31. The second-order valence-corrected chi connectivity index (χ2v) is 7.51. The number of hydrogen-bond donors (Lipinski definition) is 1. The summed E-state index contributed by atoms with van der Waals surface area (Å²) >= 11 is 0. The van der Waals surface area contributed by atoms with E-state index < -0.39 is 0 Å². The van der Waals surface area contributed by atoms with E-state index in [2.05, 4.69) is 27.0 Å². The quantitative estimate of drug-likeness (QED) is 0.680. The van der Waals surface area contributed by atoms with E-state index >= 15 is 0 Å². The molecule has 1 saturated heterocycles. The van der Waals surface area contributed by atoms with Crippen LogP contribution in [0.1, 0.15) is 17.8 Å². The standard InChI is InChI=1S/C23H26N4O3/c1-26(16-17-6-2-5-9-20(17)27-12-14-30-15-13-27)22(28)11-10-21-24-19-8-4-3-7-18(19)23(29)25-21/h2-9H,10-16H2,1H3,(H,24,25,29). The van der Waals surface area contributed by atoms with Crippen molar-refractivity contribution < 1.29 is 9.53 Å². The number of fused-ring (bicyclic) bond motifs is 1. The number of ether oxygens (including phenoxy) is 1. The summed E-state index contributed by atoms with van der Waals surface area (Å²) in [7, 11) is 1.81. The molecular weight excluding hydrogens is 380 g/mol. The second kappa shape index (κ2) is 9.09. The largest absolute Gasteiger partial charge is 0.378 e. The maximum Gasteiger partial charge on any atom is 0.258 e. The van der Waals surface area contributed by atoms with Crippen LogP contribution >= 0.6 is 0 Å². The van der Waals surface area contributed by atoms with Crippen molar-refractivity contribution in [2.24, 2.45) is 0 Å². The van der Waals surface area contributed by atoms with Crippen molar-refractivity contribution in [3.05, 3.63) is 70.3 Å². The summed E-state index contributed by atoms with van der Waals surface area (Å²) < 4.78 is 5.45. The van der Waals surface area contributed by atoms with E-state index in [0.29, 0.717) is 29.7 Å². The number of aryl methyl sites for hydroxylation is 1. The van der Waals surface area contributed by atoms with E-state index in [-0.39, 0.29) is 17.9 Å². The molecular formula is C23H26N4O3. The number of benzene rings is 2. The number of rotatable bonds is 6. The molecule has 0 radical (unpaired) electrons. The Morgan fingerprint density at radius 2 is 1.87 bits per heavy atom. The number of morpholine rings is 1. The summed E-state index contributed by atoms with van der Waals surface area (Å²) in [6.45, 7) is 3.69. The highest BCUT2D eigenvalue weighted by Crippen LogP contribution is 2.23. The smallest absolute Gasteiger partial charge is 0.258 e. The molecule has 156 valence electrons. The van der Waals surface area contributed by atoms with Gasteiger partial charge in [-0.15, -0.1) is 0 Å². The predicted molar refractivity (Wildman–Crippen MR) is 117 cm³/mol. The van der Waals surface area contributed by atoms with E-state index in [1.54, 1.807) is 11.0 Å². The van der Waals surface area contributed by atoms with Gasteiger partial charge >= 0.3 is 0 Å². The molecule has 3 aromatic rings. The highest BCUT2D eigenvalue weighted by Gasteiger charge is 2.17. The summed E-state index contributed by atoms with van der Waals surface area (Å²) in [5, 5.41) is 0.560. The van der Waals surface area contributed by atoms with Crippen molar-refractivity contribution in [2.75, 3.05) is 38.3 Å². The highest BCUT2D eigenvalue weighted by molar-refractivity contribution is 5.78. The third-order valence-electron chi connectivity index (χ3n) is 5.41. The van der Waals surface area contributed by atoms with Crippen LogP contribution in [0.3, 0.4) is 0 Å². The van der Waals surface area contributed by atoms with Crippen molar-refractivity contribution in [1.29, 1.82) is 0 Å². The van der Waals surface area contributed by atoms with E-state index in [1.807, 2.05) is 37.4 Å².